The van der Waals surface area contributed by atoms with Gasteiger partial charge in [-0.25, -0.2) is 9.37 Å². The number of benzene rings is 1. The number of fused-ring (bicyclic) bond motifs is 1. The summed E-state index contributed by atoms with van der Waals surface area (Å²) in [5, 5.41) is 15.7. The minimum Gasteiger partial charge on any atom is -0.393 e. The molecule has 1 aromatic carbocycles. The summed E-state index contributed by atoms with van der Waals surface area (Å²) in [5.41, 5.74) is 4.17. The summed E-state index contributed by atoms with van der Waals surface area (Å²) in [6.45, 7) is 1.96. The average molecular weight is 473 g/mol. The molecule has 5 nitrogen and oxygen atoms in total. The summed E-state index contributed by atoms with van der Waals surface area (Å²) in [4.78, 5) is 7.78. The molecule has 1 aliphatic carbocycles. The van der Waals surface area contributed by atoms with Crippen molar-refractivity contribution in [3.05, 3.63) is 70.0 Å². The summed E-state index contributed by atoms with van der Waals surface area (Å²) < 4.78 is 16.1. The molecule has 1 aliphatic rings. The predicted octanol–water partition coefficient (Wildman–Crippen LogP) is 6.50. The number of aliphatic hydroxyl groups is 1. The van der Waals surface area contributed by atoms with Crippen LogP contribution in [0.2, 0.25) is 10.0 Å². The first-order valence-electron chi connectivity index (χ1n) is 10.8. The van der Waals surface area contributed by atoms with E-state index in [0.717, 1.165) is 53.4 Å². The first kappa shape index (κ1) is 21.4. The molecule has 0 unspecified atom stereocenters. The summed E-state index contributed by atoms with van der Waals surface area (Å²) in [6, 6.07) is 5.19. The van der Waals surface area contributed by atoms with Gasteiger partial charge in [-0.3, -0.25) is 4.68 Å². The van der Waals surface area contributed by atoms with Gasteiger partial charge in [-0.05, 0) is 55.0 Å². The number of hydrogen-bond donors (Lipinski definition) is 2. The number of halogens is 3. The number of aromatic nitrogens is 4. The number of aromatic amines is 1. The first-order valence-corrected chi connectivity index (χ1v) is 11.5. The maximum absolute atomic E-state index is 14.1. The molecule has 5 rings (SSSR count). The van der Waals surface area contributed by atoms with Gasteiger partial charge in [0.25, 0.3) is 0 Å². The number of nitrogens with zero attached hydrogens (tertiary/aromatic N) is 3. The molecule has 1 atom stereocenters. The highest BCUT2D eigenvalue weighted by molar-refractivity contribution is 6.36. The van der Waals surface area contributed by atoms with Crippen LogP contribution < -0.4 is 0 Å². The fourth-order valence-corrected chi connectivity index (χ4v) is 5.34. The topological polar surface area (TPSA) is 66.7 Å². The standard InChI is InChI=1S/C24H23Cl2FN4O/c1-13(22-20(25)6-7-21(27)23(22)26)19-11-29-24-18(19)8-14(9-28-24)15-10-30-31(12-15)16-2-4-17(32)5-3-16/h6-13,16-17,32H,2-5H2,1H3,(H,28,29)/t13-,16-,17+/m0/s1. The zero-order valence-corrected chi connectivity index (χ0v) is 19.0. The Kier molecular flexibility index (Phi) is 5.70. The lowest BCUT2D eigenvalue weighted by Gasteiger charge is -2.25. The maximum atomic E-state index is 14.1. The zero-order valence-electron chi connectivity index (χ0n) is 17.5. The molecule has 1 fully saturated rings. The molecule has 32 heavy (non-hydrogen) atoms. The van der Waals surface area contributed by atoms with Crippen molar-refractivity contribution < 1.29 is 9.50 Å². The molecule has 0 bridgehead atoms. The van der Waals surface area contributed by atoms with Crippen molar-refractivity contribution in [3.63, 3.8) is 0 Å². The van der Waals surface area contributed by atoms with Gasteiger partial charge < -0.3 is 10.1 Å². The van der Waals surface area contributed by atoms with Crippen LogP contribution in [-0.2, 0) is 0 Å². The summed E-state index contributed by atoms with van der Waals surface area (Å²) >= 11 is 12.6. The molecule has 4 aromatic rings. The monoisotopic (exact) mass is 472 g/mol. The molecule has 3 aromatic heterocycles. The molecule has 166 valence electrons. The molecule has 0 spiro atoms. The van der Waals surface area contributed by atoms with E-state index >= 15 is 0 Å². The molecular formula is C24H23Cl2FN4O. The van der Waals surface area contributed by atoms with Crippen molar-refractivity contribution in [2.45, 2.75) is 50.7 Å². The van der Waals surface area contributed by atoms with E-state index < -0.39 is 5.82 Å². The van der Waals surface area contributed by atoms with E-state index in [2.05, 4.69) is 21.1 Å². The van der Waals surface area contributed by atoms with Crippen LogP contribution in [0.5, 0.6) is 0 Å². The van der Waals surface area contributed by atoms with Gasteiger partial charge in [-0.1, -0.05) is 30.1 Å². The average Bonchev–Trinajstić information content (AvgIpc) is 3.44. The van der Waals surface area contributed by atoms with Gasteiger partial charge >= 0.3 is 0 Å². The van der Waals surface area contributed by atoms with E-state index in [1.807, 2.05) is 36.4 Å². The second-order valence-corrected chi connectivity index (χ2v) is 9.30. The van der Waals surface area contributed by atoms with Gasteiger partial charge in [-0.2, -0.15) is 5.10 Å². The van der Waals surface area contributed by atoms with Gasteiger partial charge in [0.05, 0.1) is 23.4 Å². The molecule has 1 saturated carbocycles. The van der Waals surface area contributed by atoms with Crippen LogP contribution in [-0.4, -0.2) is 31.0 Å². The van der Waals surface area contributed by atoms with Crippen molar-refractivity contribution >= 4 is 34.2 Å². The molecule has 2 N–H and O–H groups in total. The van der Waals surface area contributed by atoms with Crippen molar-refractivity contribution in [2.24, 2.45) is 0 Å². The number of nitrogens with one attached hydrogen (secondary N) is 1. The lowest BCUT2D eigenvalue weighted by atomic mass is 9.92. The summed E-state index contributed by atoms with van der Waals surface area (Å²) in [5.74, 6) is -0.716. The highest BCUT2D eigenvalue weighted by Crippen LogP contribution is 2.39. The number of aliphatic hydroxyl groups excluding tert-OH is 1. The molecule has 0 aliphatic heterocycles. The highest BCUT2D eigenvalue weighted by Gasteiger charge is 2.23. The smallest absolute Gasteiger partial charge is 0.142 e. The third-order valence-electron chi connectivity index (χ3n) is 6.52. The Morgan fingerprint density at radius 1 is 1.16 bits per heavy atom. The van der Waals surface area contributed by atoms with Crippen molar-refractivity contribution in [3.8, 4) is 11.1 Å². The molecule has 0 radical (unpaired) electrons. The Morgan fingerprint density at radius 2 is 1.94 bits per heavy atom. The highest BCUT2D eigenvalue weighted by atomic mass is 35.5. The van der Waals surface area contributed by atoms with E-state index in [1.165, 1.54) is 12.1 Å². The van der Waals surface area contributed by atoms with Crippen LogP contribution in [0.4, 0.5) is 4.39 Å². The van der Waals surface area contributed by atoms with Gasteiger partial charge in [-0.15, -0.1) is 0 Å². The van der Waals surface area contributed by atoms with Crippen LogP contribution in [0.3, 0.4) is 0 Å². The van der Waals surface area contributed by atoms with Gasteiger partial charge in [0.2, 0.25) is 0 Å². The lowest BCUT2D eigenvalue weighted by Crippen LogP contribution is -2.21. The van der Waals surface area contributed by atoms with Gasteiger partial charge in [0, 0.05) is 46.0 Å². The number of H-pyrrole nitrogens is 1. The second kappa shape index (κ2) is 8.50. The maximum Gasteiger partial charge on any atom is 0.142 e. The van der Waals surface area contributed by atoms with Gasteiger partial charge in [0.15, 0.2) is 0 Å². The Morgan fingerprint density at radius 3 is 2.72 bits per heavy atom. The largest absolute Gasteiger partial charge is 0.393 e. The summed E-state index contributed by atoms with van der Waals surface area (Å²) in [7, 11) is 0. The third-order valence-corrected chi connectivity index (χ3v) is 7.23. The molecule has 0 saturated heterocycles. The van der Waals surface area contributed by atoms with E-state index in [-0.39, 0.29) is 17.0 Å². The van der Waals surface area contributed by atoms with E-state index in [9.17, 15) is 9.50 Å². The Balaban J connectivity index is 1.49. The first-order chi connectivity index (χ1) is 15.4. The molecule has 3 heterocycles. The minimum atomic E-state index is -0.487. The lowest BCUT2D eigenvalue weighted by molar-refractivity contribution is 0.108. The van der Waals surface area contributed by atoms with Crippen LogP contribution in [0.15, 0.2) is 43.0 Å². The van der Waals surface area contributed by atoms with Crippen LogP contribution >= 0.6 is 23.2 Å². The number of pyridine rings is 1. The number of rotatable bonds is 4. The third kappa shape index (κ3) is 3.81. The van der Waals surface area contributed by atoms with E-state index in [1.54, 1.807) is 0 Å². The predicted molar refractivity (Wildman–Crippen MR) is 125 cm³/mol. The Hall–Kier alpha value is -2.41. The fraction of sp³-hybridized carbons (Fsp3) is 0.333. The van der Waals surface area contributed by atoms with Crippen molar-refractivity contribution in [1.82, 2.24) is 19.7 Å². The van der Waals surface area contributed by atoms with Crippen molar-refractivity contribution in [1.29, 1.82) is 0 Å². The van der Waals surface area contributed by atoms with Crippen LogP contribution in [0.1, 0.15) is 55.7 Å². The SMILES string of the molecule is C[C@H](c1c(Cl)ccc(F)c1Cl)c1c[nH]c2ncc(-c3cnn([C@H]4CC[C@@H](O)CC4)c3)cc12. The fourth-order valence-electron chi connectivity index (χ4n) is 4.64. The number of hydrogen-bond acceptors (Lipinski definition) is 3. The van der Waals surface area contributed by atoms with Crippen LogP contribution in [0.25, 0.3) is 22.2 Å². The summed E-state index contributed by atoms with van der Waals surface area (Å²) in [6.07, 6.45) is 10.9. The second-order valence-electron chi connectivity index (χ2n) is 8.51. The van der Waals surface area contributed by atoms with E-state index in [0.29, 0.717) is 16.6 Å². The van der Waals surface area contributed by atoms with Crippen LogP contribution in [0, 0.1) is 5.82 Å². The molecular weight excluding hydrogens is 450 g/mol. The van der Waals surface area contributed by atoms with E-state index in [4.69, 9.17) is 23.2 Å². The molecule has 8 heteroatoms. The molecule has 0 amide bonds. The Labute approximate surface area is 195 Å². The zero-order chi connectivity index (χ0) is 22.4. The Bertz CT molecular complexity index is 1280. The van der Waals surface area contributed by atoms with Gasteiger partial charge in [0.1, 0.15) is 11.5 Å². The quantitative estimate of drug-likeness (QED) is 0.333. The van der Waals surface area contributed by atoms with Crippen molar-refractivity contribution in [2.75, 3.05) is 0 Å². The minimum absolute atomic E-state index is 0.0438. The normalized spacial score (nSPS) is 20.0.